The van der Waals surface area contributed by atoms with E-state index >= 15 is 0 Å². The van der Waals surface area contributed by atoms with E-state index < -0.39 is 16.1 Å². The minimum absolute atomic E-state index is 0.0858. The van der Waals surface area contributed by atoms with E-state index in [9.17, 15) is 13.2 Å². The number of nitrogens with zero attached hydrogens (tertiary/aromatic N) is 1. The quantitative estimate of drug-likeness (QED) is 0.877. The van der Waals surface area contributed by atoms with Crippen molar-refractivity contribution in [3.8, 4) is 5.75 Å². The minimum atomic E-state index is -3.84. The van der Waals surface area contributed by atoms with Crippen LogP contribution in [0.3, 0.4) is 0 Å². The first-order chi connectivity index (χ1) is 12.6. The van der Waals surface area contributed by atoms with E-state index in [1.54, 1.807) is 36.4 Å². The Labute approximate surface area is 160 Å². The molecule has 0 aromatic heterocycles. The van der Waals surface area contributed by atoms with E-state index in [2.05, 4.69) is 26.1 Å². The third-order valence-electron chi connectivity index (χ3n) is 4.56. The molecule has 27 heavy (non-hydrogen) atoms. The third kappa shape index (κ3) is 3.64. The maximum absolute atomic E-state index is 13.3. The van der Waals surface area contributed by atoms with Crippen LogP contribution in [0.4, 0.5) is 5.69 Å². The molecule has 1 atom stereocenters. The summed E-state index contributed by atoms with van der Waals surface area (Å²) in [6.07, 6.45) is -0.915. The molecule has 1 heterocycles. The minimum Gasteiger partial charge on any atom is -0.476 e. The largest absolute Gasteiger partial charge is 0.476 e. The lowest BCUT2D eigenvalue weighted by Gasteiger charge is -2.35. The Morgan fingerprint density at radius 3 is 2.41 bits per heavy atom. The maximum Gasteiger partial charge on any atom is 0.264 e. The molecule has 0 bridgehead atoms. The number of hydrogen-bond donors (Lipinski definition) is 1. The molecular weight excluding hydrogens is 364 g/mol. The van der Waals surface area contributed by atoms with Crippen molar-refractivity contribution in [1.29, 1.82) is 0 Å². The van der Waals surface area contributed by atoms with Crippen LogP contribution in [0.15, 0.2) is 53.4 Å². The number of sulfonamides is 1. The fourth-order valence-corrected chi connectivity index (χ4v) is 4.45. The van der Waals surface area contributed by atoms with Crippen molar-refractivity contribution in [2.45, 2.75) is 37.2 Å². The zero-order valence-electron chi connectivity index (χ0n) is 15.9. The van der Waals surface area contributed by atoms with Gasteiger partial charge >= 0.3 is 0 Å². The topological polar surface area (TPSA) is 75.7 Å². The predicted molar refractivity (Wildman–Crippen MR) is 105 cm³/mol. The molecule has 144 valence electrons. The second kappa shape index (κ2) is 6.88. The molecule has 0 aliphatic carbocycles. The van der Waals surface area contributed by atoms with Crippen LogP contribution >= 0.6 is 0 Å². The van der Waals surface area contributed by atoms with Crippen LogP contribution in [0.1, 0.15) is 26.3 Å². The van der Waals surface area contributed by atoms with Crippen LogP contribution in [0.25, 0.3) is 0 Å². The number of carbonyl (C=O) groups excluding carboxylic acids is 1. The average molecular weight is 388 g/mol. The number of anilines is 1. The summed E-state index contributed by atoms with van der Waals surface area (Å²) in [7, 11) is -2.34. The molecule has 0 fully saturated rings. The van der Waals surface area contributed by atoms with Crippen molar-refractivity contribution in [1.82, 2.24) is 5.32 Å². The van der Waals surface area contributed by atoms with Crippen LogP contribution in [-0.4, -0.2) is 34.0 Å². The Kier molecular flexibility index (Phi) is 4.90. The Balaban J connectivity index is 2.15. The number of hydrogen-bond acceptors (Lipinski definition) is 4. The highest BCUT2D eigenvalue weighted by molar-refractivity contribution is 7.92. The fourth-order valence-electron chi connectivity index (χ4n) is 2.96. The lowest BCUT2D eigenvalue weighted by Crippen LogP contribution is -2.50. The summed E-state index contributed by atoms with van der Waals surface area (Å²) < 4.78 is 33.7. The molecule has 6 nitrogen and oxygen atoms in total. The van der Waals surface area contributed by atoms with Crippen molar-refractivity contribution in [2.24, 2.45) is 0 Å². The van der Waals surface area contributed by atoms with Gasteiger partial charge in [-0.25, -0.2) is 8.42 Å². The highest BCUT2D eigenvalue weighted by Gasteiger charge is 2.37. The molecule has 0 saturated heterocycles. The average Bonchev–Trinajstić information content (AvgIpc) is 2.65. The number of amides is 1. The van der Waals surface area contributed by atoms with Crippen molar-refractivity contribution in [3.63, 3.8) is 0 Å². The summed E-state index contributed by atoms with van der Waals surface area (Å²) in [5, 5.41) is 2.53. The van der Waals surface area contributed by atoms with E-state index in [-0.39, 0.29) is 22.8 Å². The molecule has 1 aliphatic rings. The number of likely N-dealkylation sites (N-methyl/N-ethyl adjacent to an activating group) is 1. The zero-order valence-corrected chi connectivity index (χ0v) is 16.7. The second-order valence-corrected chi connectivity index (χ2v) is 9.36. The van der Waals surface area contributed by atoms with Gasteiger partial charge in [-0.3, -0.25) is 9.10 Å². The van der Waals surface area contributed by atoms with Crippen molar-refractivity contribution in [3.05, 3.63) is 54.1 Å². The Bertz CT molecular complexity index is 950. The molecule has 1 aliphatic heterocycles. The second-order valence-electron chi connectivity index (χ2n) is 7.50. The molecule has 0 radical (unpaired) electrons. The van der Waals surface area contributed by atoms with Gasteiger partial charge in [0.15, 0.2) is 6.10 Å². The predicted octanol–water partition coefficient (Wildman–Crippen LogP) is 2.69. The molecule has 3 rings (SSSR count). The number of fused-ring (bicyclic) bond motifs is 1. The SMILES string of the molecule is CNC(=O)[C@H]1CN(S(=O)(=O)c2ccccc2)c2cc(C(C)(C)C)ccc2O1. The monoisotopic (exact) mass is 388 g/mol. The molecule has 1 N–H and O–H groups in total. The zero-order chi connectivity index (χ0) is 19.8. The van der Waals surface area contributed by atoms with Gasteiger partial charge in [0, 0.05) is 7.05 Å². The van der Waals surface area contributed by atoms with Gasteiger partial charge in [-0.05, 0) is 35.2 Å². The third-order valence-corrected chi connectivity index (χ3v) is 6.36. The molecule has 2 aromatic carbocycles. The summed E-state index contributed by atoms with van der Waals surface area (Å²) in [6, 6.07) is 13.7. The first-order valence-electron chi connectivity index (χ1n) is 8.75. The van der Waals surface area contributed by atoms with Crippen molar-refractivity contribution >= 4 is 21.6 Å². The number of nitrogens with one attached hydrogen (secondary N) is 1. The van der Waals surface area contributed by atoms with Gasteiger partial charge in [-0.1, -0.05) is 45.0 Å². The number of carbonyl (C=O) groups is 1. The van der Waals surface area contributed by atoms with E-state index in [4.69, 9.17) is 4.74 Å². The first-order valence-corrected chi connectivity index (χ1v) is 10.2. The summed E-state index contributed by atoms with van der Waals surface area (Å²) in [5.41, 5.74) is 1.28. The summed E-state index contributed by atoms with van der Waals surface area (Å²) in [4.78, 5) is 12.3. The van der Waals surface area contributed by atoms with Crippen LogP contribution in [0.2, 0.25) is 0 Å². The van der Waals surface area contributed by atoms with E-state index in [1.807, 2.05) is 12.1 Å². The standard InChI is InChI=1S/C20H24N2O4S/c1-20(2,3)14-10-11-17-16(12-14)22(13-18(26-17)19(23)21-4)27(24,25)15-8-6-5-7-9-15/h5-12,18H,13H2,1-4H3,(H,21,23)/t18-/m1/s1. The summed E-state index contributed by atoms with van der Waals surface area (Å²) in [6.45, 7) is 6.09. The lowest BCUT2D eigenvalue weighted by molar-refractivity contribution is -0.127. The Morgan fingerprint density at radius 2 is 1.81 bits per heavy atom. The van der Waals surface area contributed by atoms with Gasteiger partial charge in [0.1, 0.15) is 5.75 Å². The molecule has 7 heteroatoms. The molecule has 2 aromatic rings. The van der Waals surface area contributed by atoms with Gasteiger partial charge in [0.05, 0.1) is 17.1 Å². The van der Waals surface area contributed by atoms with Gasteiger partial charge in [0.2, 0.25) is 0 Å². The Hall–Kier alpha value is -2.54. The van der Waals surface area contributed by atoms with Gasteiger partial charge in [-0.2, -0.15) is 0 Å². The number of rotatable bonds is 3. The molecule has 1 amide bonds. The Morgan fingerprint density at radius 1 is 1.15 bits per heavy atom. The molecule has 0 saturated carbocycles. The number of benzene rings is 2. The summed E-state index contributed by atoms with van der Waals surface area (Å²) in [5.74, 6) is 0.0103. The van der Waals surface area contributed by atoms with Gasteiger partial charge in [0.25, 0.3) is 15.9 Å². The van der Waals surface area contributed by atoms with E-state index in [1.165, 1.54) is 11.4 Å². The van der Waals surface area contributed by atoms with E-state index in [0.717, 1.165) is 5.56 Å². The van der Waals surface area contributed by atoms with E-state index in [0.29, 0.717) is 11.4 Å². The smallest absolute Gasteiger partial charge is 0.264 e. The normalized spacial score (nSPS) is 17.0. The molecule has 0 unspecified atom stereocenters. The maximum atomic E-state index is 13.3. The lowest BCUT2D eigenvalue weighted by atomic mass is 9.86. The van der Waals surface area contributed by atoms with Crippen LogP contribution in [0, 0.1) is 0 Å². The van der Waals surface area contributed by atoms with Crippen LogP contribution < -0.4 is 14.4 Å². The van der Waals surface area contributed by atoms with Crippen LogP contribution in [-0.2, 0) is 20.2 Å². The summed E-state index contributed by atoms with van der Waals surface area (Å²) >= 11 is 0. The highest BCUT2D eigenvalue weighted by Crippen LogP contribution is 2.40. The van der Waals surface area contributed by atoms with Gasteiger partial charge in [-0.15, -0.1) is 0 Å². The highest BCUT2D eigenvalue weighted by atomic mass is 32.2. The molecular formula is C20H24N2O4S. The van der Waals surface area contributed by atoms with Gasteiger partial charge < -0.3 is 10.1 Å². The van der Waals surface area contributed by atoms with Crippen LogP contribution in [0.5, 0.6) is 5.75 Å². The fraction of sp³-hybridized carbons (Fsp3) is 0.350. The van der Waals surface area contributed by atoms with Crippen molar-refractivity contribution in [2.75, 3.05) is 17.9 Å². The number of ether oxygens (including phenoxy) is 1. The molecule has 0 spiro atoms. The van der Waals surface area contributed by atoms with Crippen molar-refractivity contribution < 1.29 is 17.9 Å². The first kappa shape index (κ1) is 19.2.